The molecule has 108 valence electrons. The Morgan fingerprint density at radius 2 is 2.05 bits per heavy atom. The van der Waals surface area contributed by atoms with Crippen LogP contribution in [0.2, 0.25) is 0 Å². The second-order valence-corrected chi connectivity index (χ2v) is 6.32. The Labute approximate surface area is 114 Å². The average Bonchev–Trinajstić information content (AvgIpc) is 2.77. The first kappa shape index (κ1) is 14.6. The minimum absolute atomic E-state index is 0.294. The van der Waals surface area contributed by atoms with Crippen LogP contribution in [0.4, 0.5) is 18.3 Å². The fraction of sp³-hybridized carbons (Fsp3) is 0.833. The topological polar surface area (TPSA) is 29.0 Å². The van der Waals surface area contributed by atoms with Gasteiger partial charge in [-0.25, -0.2) is 0 Å². The van der Waals surface area contributed by atoms with Crippen LogP contribution in [0.25, 0.3) is 0 Å². The molecule has 1 aliphatic heterocycles. The number of piperidine rings is 1. The summed E-state index contributed by atoms with van der Waals surface area (Å²) in [6, 6.07) is 0.294. The predicted octanol–water partition coefficient (Wildman–Crippen LogP) is 3.96. The number of rotatable bonds is 3. The van der Waals surface area contributed by atoms with Gasteiger partial charge in [0.1, 0.15) is 0 Å². The van der Waals surface area contributed by atoms with Crippen LogP contribution in [0.5, 0.6) is 0 Å². The molecule has 1 aromatic rings. The molecule has 1 unspecified atom stereocenters. The van der Waals surface area contributed by atoms with E-state index < -0.39 is 11.2 Å². The van der Waals surface area contributed by atoms with Crippen molar-refractivity contribution in [3.8, 4) is 0 Å². The van der Waals surface area contributed by atoms with E-state index in [0.29, 0.717) is 28.4 Å². The normalized spacial score (nSPS) is 21.2. The van der Waals surface area contributed by atoms with E-state index in [-0.39, 0.29) is 0 Å². The molecule has 0 aromatic carbocycles. The van der Waals surface area contributed by atoms with Crippen molar-refractivity contribution in [1.29, 1.82) is 0 Å². The van der Waals surface area contributed by atoms with Crippen molar-refractivity contribution in [1.82, 2.24) is 10.2 Å². The first-order valence-electron chi connectivity index (χ1n) is 6.55. The zero-order valence-corrected chi connectivity index (χ0v) is 11.9. The molecule has 0 N–H and O–H groups in total. The molecule has 7 heteroatoms. The van der Waals surface area contributed by atoms with E-state index in [0.717, 1.165) is 32.2 Å². The van der Waals surface area contributed by atoms with E-state index in [2.05, 4.69) is 24.0 Å². The van der Waals surface area contributed by atoms with E-state index in [9.17, 15) is 13.2 Å². The summed E-state index contributed by atoms with van der Waals surface area (Å²) >= 11 is 0.656. The fourth-order valence-electron chi connectivity index (χ4n) is 2.49. The third kappa shape index (κ3) is 3.58. The van der Waals surface area contributed by atoms with Crippen molar-refractivity contribution < 1.29 is 13.2 Å². The minimum Gasteiger partial charge on any atom is -0.344 e. The van der Waals surface area contributed by atoms with Crippen LogP contribution in [0.1, 0.15) is 44.5 Å². The average molecular weight is 293 g/mol. The first-order chi connectivity index (χ1) is 8.88. The number of aromatic nitrogens is 2. The van der Waals surface area contributed by atoms with Crippen LogP contribution in [0, 0.1) is 5.92 Å². The second-order valence-electron chi connectivity index (χ2n) is 5.36. The smallest absolute Gasteiger partial charge is 0.344 e. The molecule has 1 atom stereocenters. The maximum absolute atomic E-state index is 12.6. The summed E-state index contributed by atoms with van der Waals surface area (Å²) in [6.45, 7) is 5.05. The minimum atomic E-state index is -4.39. The molecule has 0 bridgehead atoms. The van der Waals surface area contributed by atoms with E-state index in [1.165, 1.54) is 0 Å². The highest BCUT2D eigenvalue weighted by Crippen LogP contribution is 2.36. The third-order valence-electron chi connectivity index (χ3n) is 3.27. The summed E-state index contributed by atoms with van der Waals surface area (Å²) in [5.41, 5.74) is 0. The van der Waals surface area contributed by atoms with E-state index >= 15 is 0 Å². The summed E-state index contributed by atoms with van der Waals surface area (Å²) < 4.78 is 37.7. The Morgan fingerprint density at radius 1 is 1.32 bits per heavy atom. The van der Waals surface area contributed by atoms with Crippen LogP contribution in [-0.4, -0.2) is 22.8 Å². The zero-order chi connectivity index (χ0) is 14.0. The monoisotopic (exact) mass is 293 g/mol. The van der Waals surface area contributed by atoms with Gasteiger partial charge in [-0.15, -0.1) is 10.2 Å². The van der Waals surface area contributed by atoms with E-state index in [4.69, 9.17) is 0 Å². The molecule has 0 aliphatic carbocycles. The highest BCUT2D eigenvalue weighted by molar-refractivity contribution is 7.15. The first-order valence-corrected chi connectivity index (χ1v) is 7.37. The quantitative estimate of drug-likeness (QED) is 0.844. The molecule has 1 aromatic heterocycles. The van der Waals surface area contributed by atoms with Crippen molar-refractivity contribution in [2.75, 3.05) is 11.4 Å². The number of alkyl halides is 3. The predicted molar refractivity (Wildman–Crippen MR) is 69.4 cm³/mol. The molecular formula is C12H18F3N3S. The van der Waals surface area contributed by atoms with Gasteiger partial charge in [-0.2, -0.15) is 13.2 Å². The maximum Gasteiger partial charge on any atom is 0.445 e. The molecule has 0 amide bonds. The molecule has 19 heavy (non-hydrogen) atoms. The van der Waals surface area contributed by atoms with Gasteiger partial charge in [0.25, 0.3) is 0 Å². The van der Waals surface area contributed by atoms with Crippen molar-refractivity contribution >= 4 is 16.5 Å². The van der Waals surface area contributed by atoms with Gasteiger partial charge in [0, 0.05) is 12.6 Å². The Kier molecular flexibility index (Phi) is 4.32. The number of hydrogen-bond donors (Lipinski definition) is 0. The van der Waals surface area contributed by atoms with Gasteiger partial charge >= 0.3 is 6.18 Å². The summed E-state index contributed by atoms with van der Waals surface area (Å²) in [4.78, 5) is 2.01. The zero-order valence-electron chi connectivity index (χ0n) is 11.1. The summed E-state index contributed by atoms with van der Waals surface area (Å²) in [5.74, 6) is 0.528. The Morgan fingerprint density at radius 3 is 2.63 bits per heavy atom. The van der Waals surface area contributed by atoms with Gasteiger partial charge < -0.3 is 4.90 Å². The molecule has 1 aliphatic rings. The SMILES string of the molecule is CC(C)CC1CCCCN1c1nnc(C(F)(F)F)s1. The van der Waals surface area contributed by atoms with Crippen molar-refractivity contribution in [2.45, 2.75) is 51.7 Å². The largest absolute Gasteiger partial charge is 0.445 e. The van der Waals surface area contributed by atoms with Gasteiger partial charge in [0.2, 0.25) is 10.1 Å². The van der Waals surface area contributed by atoms with Gasteiger partial charge in [-0.1, -0.05) is 25.2 Å². The molecule has 1 saturated heterocycles. The fourth-order valence-corrected chi connectivity index (χ4v) is 3.30. The number of halogens is 3. The summed E-state index contributed by atoms with van der Waals surface area (Å²) in [5, 5.41) is 6.58. The molecule has 3 nitrogen and oxygen atoms in total. The van der Waals surface area contributed by atoms with Gasteiger partial charge in [-0.05, 0) is 31.6 Å². The second kappa shape index (κ2) is 5.64. The summed E-state index contributed by atoms with van der Waals surface area (Å²) in [7, 11) is 0. The van der Waals surface area contributed by atoms with Crippen LogP contribution in [0.3, 0.4) is 0 Å². The molecule has 0 spiro atoms. The van der Waals surface area contributed by atoms with Crippen LogP contribution >= 0.6 is 11.3 Å². The molecule has 2 rings (SSSR count). The lowest BCUT2D eigenvalue weighted by Gasteiger charge is -2.36. The van der Waals surface area contributed by atoms with Crippen LogP contribution in [-0.2, 0) is 6.18 Å². The highest BCUT2D eigenvalue weighted by Gasteiger charge is 2.37. The van der Waals surface area contributed by atoms with Gasteiger partial charge in [0.05, 0.1) is 0 Å². The van der Waals surface area contributed by atoms with Crippen molar-refractivity contribution in [2.24, 2.45) is 5.92 Å². The Hall–Kier alpha value is -0.850. The molecule has 0 saturated carbocycles. The molecule has 2 heterocycles. The standard InChI is InChI=1S/C12H18F3N3S/c1-8(2)7-9-5-3-4-6-18(9)11-17-16-10(19-11)12(13,14)15/h8-9H,3-7H2,1-2H3. The van der Waals surface area contributed by atoms with Gasteiger partial charge in [0.15, 0.2) is 0 Å². The number of hydrogen-bond acceptors (Lipinski definition) is 4. The lowest BCUT2D eigenvalue weighted by molar-refractivity contribution is -0.138. The lowest BCUT2D eigenvalue weighted by Crippen LogP contribution is -2.40. The van der Waals surface area contributed by atoms with Crippen LogP contribution < -0.4 is 4.90 Å². The van der Waals surface area contributed by atoms with Crippen molar-refractivity contribution in [3.05, 3.63) is 5.01 Å². The van der Waals surface area contributed by atoms with Gasteiger partial charge in [-0.3, -0.25) is 0 Å². The highest BCUT2D eigenvalue weighted by atomic mass is 32.1. The number of nitrogens with zero attached hydrogens (tertiary/aromatic N) is 3. The molecule has 1 fully saturated rings. The molecular weight excluding hydrogens is 275 g/mol. The van der Waals surface area contributed by atoms with Crippen LogP contribution in [0.15, 0.2) is 0 Å². The number of anilines is 1. The third-order valence-corrected chi connectivity index (χ3v) is 4.28. The Bertz CT molecular complexity index is 417. The van der Waals surface area contributed by atoms with E-state index in [1.807, 2.05) is 4.90 Å². The molecule has 0 radical (unpaired) electrons. The Balaban J connectivity index is 2.15. The van der Waals surface area contributed by atoms with E-state index in [1.54, 1.807) is 0 Å². The lowest BCUT2D eigenvalue weighted by atomic mass is 9.94. The summed E-state index contributed by atoms with van der Waals surface area (Å²) in [6.07, 6.45) is -0.229. The van der Waals surface area contributed by atoms with Crippen molar-refractivity contribution in [3.63, 3.8) is 0 Å². The maximum atomic E-state index is 12.6.